The van der Waals surface area contributed by atoms with Crippen LogP contribution in [0.4, 0.5) is 0 Å². The fourth-order valence-electron chi connectivity index (χ4n) is 2.23. The molecule has 5 nitrogen and oxygen atoms in total. The first-order valence-electron chi connectivity index (χ1n) is 7.16. The van der Waals surface area contributed by atoms with Crippen molar-refractivity contribution in [2.45, 2.75) is 0 Å². The van der Waals surface area contributed by atoms with Crippen molar-refractivity contribution in [3.8, 4) is 11.5 Å². The van der Waals surface area contributed by atoms with Crippen LogP contribution in [0.25, 0.3) is 5.57 Å². The molecule has 0 radical (unpaired) electrons. The van der Waals surface area contributed by atoms with Gasteiger partial charge in [-0.1, -0.05) is 6.58 Å². The minimum atomic E-state index is -0.605. The molecule has 5 heteroatoms. The second-order valence-electron chi connectivity index (χ2n) is 4.94. The molecule has 0 amide bonds. The Morgan fingerprint density at radius 2 is 1.42 bits per heavy atom. The fraction of sp³-hybridized carbons (Fsp3) is 0.158. The molecule has 0 aromatic heterocycles. The predicted octanol–water partition coefficient (Wildman–Crippen LogP) is 3.12. The van der Waals surface area contributed by atoms with Gasteiger partial charge in [0.1, 0.15) is 11.5 Å². The molecule has 0 atom stereocenters. The maximum Gasteiger partial charge on any atom is 0.337 e. The Morgan fingerprint density at radius 3 is 1.96 bits per heavy atom. The minimum absolute atomic E-state index is 0.0910. The highest BCUT2D eigenvalue weighted by molar-refractivity contribution is 6.21. The second kappa shape index (κ2) is 7.46. The van der Waals surface area contributed by atoms with Gasteiger partial charge in [0.2, 0.25) is 0 Å². The van der Waals surface area contributed by atoms with Gasteiger partial charge >= 0.3 is 5.97 Å². The van der Waals surface area contributed by atoms with Gasteiger partial charge in [-0.05, 0) is 42.5 Å². The van der Waals surface area contributed by atoms with Crippen molar-refractivity contribution >= 4 is 17.3 Å². The summed E-state index contributed by atoms with van der Waals surface area (Å²) in [5, 5.41) is 0. The van der Waals surface area contributed by atoms with Crippen LogP contribution in [0.5, 0.6) is 11.5 Å². The van der Waals surface area contributed by atoms with E-state index in [2.05, 4.69) is 6.58 Å². The molecular weight excluding hydrogens is 308 g/mol. The Labute approximate surface area is 140 Å². The third-order valence-corrected chi connectivity index (χ3v) is 3.58. The molecule has 2 aromatic rings. The van der Waals surface area contributed by atoms with Gasteiger partial charge < -0.3 is 14.2 Å². The maximum atomic E-state index is 12.8. The highest BCUT2D eigenvalue weighted by atomic mass is 16.5. The largest absolute Gasteiger partial charge is 0.497 e. The van der Waals surface area contributed by atoms with E-state index in [-0.39, 0.29) is 11.4 Å². The van der Waals surface area contributed by atoms with Crippen LogP contribution in [0, 0.1) is 0 Å². The van der Waals surface area contributed by atoms with E-state index in [9.17, 15) is 9.59 Å². The van der Waals surface area contributed by atoms with Gasteiger partial charge in [-0.15, -0.1) is 0 Å². The van der Waals surface area contributed by atoms with E-state index in [4.69, 9.17) is 14.2 Å². The van der Waals surface area contributed by atoms with Crippen LogP contribution in [-0.2, 0) is 9.53 Å². The zero-order valence-corrected chi connectivity index (χ0v) is 13.8. The standard InChI is InChI=1S/C19H18O5/c1-12(19(21)24-4)17-11-15(23-3)9-10-16(17)18(20)13-5-7-14(22-2)8-6-13/h5-11H,1H2,2-4H3. The summed E-state index contributed by atoms with van der Waals surface area (Å²) in [4.78, 5) is 24.6. The number of hydrogen-bond acceptors (Lipinski definition) is 5. The van der Waals surface area contributed by atoms with Crippen molar-refractivity contribution in [2.75, 3.05) is 21.3 Å². The van der Waals surface area contributed by atoms with Gasteiger partial charge in [0.05, 0.1) is 26.9 Å². The Hall–Kier alpha value is -3.08. The molecule has 0 aliphatic heterocycles. The summed E-state index contributed by atoms with van der Waals surface area (Å²) in [7, 11) is 4.32. The first-order valence-corrected chi connectivity index (χ1v) is 7.16. The number of methoxy groups -OCH3 is 3. The van der Waals surface area contributed by atoms with Crippen molar-refractivity contribution in [1.29, 1.82) is 0 Å². The Balaban J connectivity index is 2.49. The van der Waals surface area contributed by atoms with E-state index in [1.54, 1.807) is 49.6 Å². The van der Waals surface area contributed by atoms with Crippen LogP contribution in [0.2, 0.25) is 0 Å². The lowest BCUT2D eigenvalue weighted by atomic mass is 9.94. The number of carbonyl (C=O) groups excluding carboxylic acids is 2. The van der Waals surface area contributed by atoms with E-state index in [1.807, 2.05) is 0 Å². The van der Waals surface area contributed by atoms with Gasteiger partial charge in [0.25, 0.3) is 0 Å². The first-order chi connectivity index (χ1) is 11.5. The summed E-state index contributed by atoms with van der Waals surface area (Å²) in [6.45, 7) is 3.73. The van der Waals surface area contributed by atoms with E-state index in [0.29, 0.717) is 28.2 Å². The van der Waals surface area contributed by atoms with Gasteiger partial charge in [0, 0.05) is 16.7 Å². The summed E-state index contributed by atoms with van der Waals surface area (Å²) in [6, 6.07) is 11.6. The van der Waals surface area contributed by atoms with Gasteiger partial charge in [-0.2, -0.15) is 0 Å². The van der Waals surface area contributed by atoms with E-state index < -0.39 is 5.97 Å². The van der Waals surface area contributed by atoms with Crippen molar-refractivity contribution in [1.82, 2.24) is 0 Å². The Kier molecular flexibility index (Phi) is 5.37. The smallest absolute Gasteiger partial charge is 0.337 e. The number of benzene rings is 2. The third-order valence-electron chi connectivity index (χ3n) is 3.58. The molecule has 0 heterocycles. The normalized spacial score (nSPS) is 9.96. The van der Waals surface area contributed by atoms with Crippen molar-refractivity contribution in [3.63, 3.8) is 0 Å². The molecule has 0 saturated carbocycles. The van der Waals surface area contributed by atoms with Crippen molar-refractivity contribution < 1.29 is 23.8 Å². The van der Waals surface area contributed by atoms with Crippen LogP contribution >= 0.6 is 0 Å². The number of hydrogen-bond donors (Lipinski definition) is 0. The van der Waals surface area contributed by atoms with Crippen LogP contribution in [-0.4, -0.2) is 33.1 Å². The van der Waals surface area contributed by atoms with Crippen LogP contribution in [0.15, 0.2) is 49.0 Å². The molecule has 0 bridgehead atoms. The summed E-state index contributed by atoms with van der Waals surface area (Å²) >= 11 is 0. The summed E-state index contributed by atoms with van der Waals surface area (Å²) < 4.78 is 15.0. The molecule has 0 saturated heterocycles. The maximum absolute atomic E-state index is 12.8. The molecule has 2 aromatic carbocycles. The average Bonchev–Trinajstić information content (AvgIpc) is 2.65. The number of ketones is 1. The van der Waals surface area contributed by atoms with Gasteiger partial charge in [-0.25, -0.2) is 4.79 Å². The van der Waals surface area contributed by atoms with E-state index in [1.165, 1.54) is 14.2 Å². The zero-order valence-electron chi connectivity index (χ0n) is 13.8. The quantitative estimate of drug-likeness (QED) is 0.464. The number of ether oxygens (including phenoxy) is 3. The lowest BCUT2D eigenvalue weighted by Gasteiger charge is -2.12. The zero-order chi connectivity index (χ0) is 17.7. The summed E-state index contributed by atoms with van der Waals surface area (Å²) in [5.41, 5.74) is 1.28. The van der Waals surface area contributed by atoms with Crippen LogP contribution in [0.3, 0.4) is 0 Å². The lowest BCUT2D eigenvalue weighted by Crippen LogP contribution is -2.10. The van der Waals surface area contributed by atoms with Crippen LogP contribution < -0.4 is 9.47 Å². The minimum Gasteiger partial charge on any atom is -0.497 e. The van der Waals surface area contributed by atoms with Crippen molar-refractivity contribution in [3.05, 3.63) is 65.7 Å². The number of rotatable bonds is 6. The van der Waals surface area contributed by atoms with Gasteiger partial charge in [0.15, 0.2) is 5.78 Å². The predicted molar refractivity (Wildman–Crippen MR) is 90.5 cm³/mol. The fourth-order valence-corrected chi connectivity index (χ4v) is 2.23. The topological polar surface area (TPSA) is 61.8 Å². The van der Waals surface area contributed by atoms with Crippen LogP contribution in [0.1, 0.15) is 21.5 Å². The molecule has 0 N–H and O–H groups in total. The lowest BCUT2D eigenvalue weighted by molar-refractivity contribution is -0.133. The Bertz CT molecular complexity index is 775. The average molecular weight is 326 g/mol. The molecular formula is C19H18O5. The molecule has 24 heavy (non-hydrogen) atoms. The molecule has 2 rings (SSSR count). The number of carbonyl (C=O) groups is 2. The molecule has 0 spiro atoms. The molecule has 0 unspecified atom stereocenters. The molecule has 124 valence electrons. The number of esters is 1. The van der Waals surface area contributed by atoms with Crippen molar-refractivity contribution in [2.24, 2.45) is 0 Å². The monoisotopic (exact) mass is 326 g/mol. The summed E-state index contributed by atoms with van der Waals surface area (Å²) in [6.07, 6.45) is 0. The SMILES string of the molecule is C=C(C(=O)OC)c1cc(OC)ccc1C(=O)c1ccc(OC)cc1. The summed E-state index contributed by atoms with van der Waals surface area (Å²) in [5.74, 6) is 0.328. The van der Waals surface area contributed by atoms with E-state index >= 15 is 0 Å². The first kappa shape index (κ1) is 17.3. The van der Waals surface area contributed by atoms with Gasteiger partial charge in [-0.3, -0.25) is 4.79 Å². The van der Waals surface area contributed by atoms with E-state index in [0.717, 1.165) is 0 Å². The molecule has 0 aliphatic carbocycles. The molecule has 0 aliphatic rings. The second-order valence-corrected chi connectivity index (χ2v) is 4.94. The third kappa shape index (κ3) is 3.46. The Morgan fingerprint density at radius 1 is 0.833 bits per heavy atom. The highest BCUT2D eigenvalue weighted by Crippen LogP contribution is 2.27. The highest BCUT2D eigenvalue weighted by Gasteiger charge is 2.20. The molecule has 0 fully saturated rings.